The smallest absolute Gasteiger partial charge is 0.239 e. The molecule has 0 unspecified atom stereocenters. The van der Waals surface area contributed by atoms with Gasteiger partial charge in [-0.25, -0.2) is 5.43 Å². The molecular weight excluding hydrogens is 342 g/mol. The van der Waals surface area contributed by atoms with E-state index in [0.717, 1.165) is 16.9 Å². The average molecular weight is 358 g/mol. The molecule has 1 amide bonds. The van der Waals surface area contributed by atoms with Crippen LogP contribution in [0, 0.1) is 0 Å². The van der Waals surface area contributed by atoms with Gasteiger partial charge < -0.3 is 0 Å². The van der Waals surface area contributed by atoms with Crippen LogP contribution >= 0.6 is 22.9 Å². The Morgan fingerprint density at radius 1 is 1.17 bits per heavy atom. The summed E-state index contributed by atoms with van der Waals surface area (Å²) in [5.41, 5.74) is 5.59. The summed E-state index contributed by atoms with van der Waals surface area (Å²) in [7, 11) is 0. The first-order chi connectivity index (χ1) is 11.7. The lowest BCUT2D eigenvalue weighted by atomic mass is 10.1. The number of rotatable bonds is 4. The first-order valence-electron chi connectivity index (χ1n) is 7.53. The molecule has 1 aromatic heterocycles. The Hall–Kier alpha value is -2.37. The molecular formula is C18H16ClN3OS. The number of halogens is 1. The predicted octanol–water partition coefficient (Wildman–Crippen LogP) is 4.20. The van der Waals surface area contributed by atoms with Gasteiger partial charge in [-0.15, -0.1) is 16.4 Å². The molecule has 3 rings (SSSR count). The Balaban J connectivity index is 2.15. The summed E-state index contributed by atoms with van der Waals surface area (Å²) in [5, 5.41) is 6.99. The molecule has 2 aromatic carbocycles. The number of hydrogen-bond acceptors (Lipinski definition) is 3. The van der Waals surface area contributed by atoms with Crippen LogP contribution in [0.25, 0.3) is 16.9 Å². The third-order valence-electron chi connectivity index (χ3n) is 3.46. The largest absolute Gasteiger partial charge is 0.284 e. The van der Waals surface area contributed by atoms with Gasteiger partial charge in [0.1, 0.15) is 0 Å². The Kier molecular flexibility index (Phi) is 5.13. The van der Waals surface area contributed by atoms with Gasteiger partial charge in [0.15, 0.2) is 0 Å². The van der Waals surface area contributed by atoms with Crippen LogP contribution in [0.15, 0.2) is 65.1 Å². The fourth-order valence-corrected chi connectivity index (χ4v) is 3.22. The van der Waals surface area contributed by atoms with Crippen LogP contribution < -0.4 is 10.2 Å². The van der Waals surface area contributed by atoms with Crippen LogP contribution in [-0.4, -0.2) is 10.5 Å². The molecule has 4 nitrogen and oxygen atoms in total. The van der Waals surface area contributed by atoms with E-state index in [0.29, 0.717) is 16.2 Å². The second-order valence-corrected chi connectivity index (χ2v) is 6.35. The van der Waals surface area contributed by atoms with Crippen molar-refractivity contribution in [2.24, 2.45) is 5.10 Å². The van der Waals surface area contributed by atoms with Gasteiger partial charge in [-0.1, -0.05) is 48.9 Å². The maximum Gasteiger partial charge on any atom is 0.239 e. The van der Waals surface area contributed by atoms with E-state index in [1.807, 2.05) is 64.5 Å². The highest BCUT2D eigenvalue weighted by Crippen LogP contribution is 2.24. The van der Waals surface area contributed by atoms with Crippen molar-refractivity contribution in [1.82, 2.24) is 9.99 Å². The van der Waals surface area contributed by atoms with Gasteiger partial charge >= 0.3 is 0 Å². The number of aromatic nitrogens is 1. The van der Waals surface area contributed by atoms with E-state index in [1.165, 1.54) is 11.3 Å². The third kappa shape index (κ3) is 3.58. The Morgan fingerprint density at radius 2 is 1.88 bits per heavy atom. The zero-order valence-corrected chi connectivity index (χ0v) is 14.6. The first kappa shape index (κ1) is 16.5. The molecule has 0 spiro atoms. The number of hydrogen-bond donors (Lipinski definition) is 1. The topological polar surface area (TPSA) is 46.4 Å². The van der Waals surface area contributed by atoms with Gasteiger partial charge in [0.2, 0.25) is 10.7 Å². The molecule has 1 heterocycles. The van der Waals surface area contributed by atoms with Crippen molar-refractivity contribution in [3.8, 4) is 16.9 Å². The maximum absolute atomic E-state index is 11.5. The predicted molar refractivity (Wildman–Crippen MR) is 98.1 cm³/mol. The highest BCUT2D eigenvalue weighted by Gasteiger charge is 2.10. The first-order valence-corrected chi connectivity index (χ1v) is 8.79. The lowest BCUT2D eigenvalue weighted by Crippen LogP contribution is -2.23. The molecule has 0 saturated heterocycles. The summed E-state index contributed by atoms with van der Waals surface area (Å²) < 4.78 is 2.02. The van der Waals surface area contributed by atoms with Gasteiger partial charge in [0.05, 0.1) is 5.69 Å². The van der Waals surface area contributed by atoms with E-state index in [2.05, 4.69) is 10.5 Å². The summed E-state index contributed by atoms with van der Waals surface area (Å²) in [5.74, 6) is -0.115. The Morgan fingerprint density at radius 3 is 2.54 bits per heavy atom. The SMILES string of the molecule is CCC(=O)NN=c1scc(-c2ccc(Cl)cc2)n1-c1ccccc1. The van der Waals surface area contributed by atoms with Crippen LogP contribution in [0.2, 0.25) is 5.02 Å². The van der Waals surface area contributed by atoms with E-state index in [4.69, 9.17) is 11.6 Å². The second kappa shape index (κ2) is 7.47. The molecule has 122 valence electrons. The third-order valence-corrected chi connectivity index (χ3v) is 4.54. The van der Waals surface area contributed by atoms with Crippen LogP contribution in [0.3, 0.4) is 0 Å². The quantitative estimate of drug-likeness (QED) is 0.699. The fraction of sp³-hybridized carbons (Fsp3) is 0.111. The second-order valence-electron chi connectivity index (χ2n) is 5.08. The van der Waals surface area contributed by atoms with E-state index in [9.17, 15) is 4.79 Å². The van der Waals surface area contributed by atoms with Crippen molar-refractivity contribution in [3.05, 3.63) is 69.8 Å². The molecule has 0 bridgehead atoms. The summed E-state index contributed by atoms with van der Waals surface area (Å²) in [4.78, 5) is 12.2. The number of benzene rings is 2. The molecule has 0 aliphatic heterocycles. The highest BCUT2D eigenvalue weighted by atomic mass is 35.5. The minimum absolute atomic E-state index is 0.115. The molecule has 0 radical (unpaired) electrons. The minimum Gasteiger partial charge on any atom is -0.284 e. The number of thiazole rings is 1. The Labute approximate surface area is 149 Å². The molecule has 3 aromatic rings. The van der Waals surface area contributed by atoms with Crippen LogP contribution in [0.4, 0.5) is 0 Å². The molecule has 0 atom stereocenters. The summed E-state index contributed by atoms with van der Waals surface area (Å²) in [6.07, 6.45) is 0.393. The number of nitrogens with zero attached hydrogens (tertiary/aromatic N) is 2. The lowest BCUT2D eigenvalue weighted by Gasteiger charge is -2.09. The van der Waals surface area contributed by atoms with Gasteiger partial charge in [0, 0.05) is 22.5 Å². The number of amides is 1. The standard InChI is InChI=1S/C18H16ClN3OS/c1-2-17(23)20-21-18-22(15-6-4-3-5-7-15)16(12-24-18)13-8-10-14(19)11-9-13/h3-12H,2H2,1H3,(H,20,23). The molecule has 6 heteroatoms. The minimum atomic E-state index is -0.115. The lowest BCUT2D eigenvalue weighted by molar-refractivity contribution is -0.120. The normalized spacial score (nSPS) is 11.5. The van der Waals surface area contributed by atoms with Gasteiger partial charge in [0.25, 0.3) is 0 Å². The number of carbonyl (C=O) groups excluding carboxylic acids is 1. The van der Waals surface area contributed by atoms with Gasteiger partial charge in [-0.05, 0) is 29.8 Å². The monoisotopic (exact) mass is 357 g/mol. The zero-order valence-electron chi connectivity index (χ0n) is 13.1. The van der Waals surface area contributed by atoms with E-state index in [1.54, 1.807) is 6.92 Å². The Bertz CT molecular complexity index is 898. The molecule has 0 aliphatic rings. The average Bonchev–Trinajstić information content (AvgIpc) is 3.05. The highest BCUT2D eigenvalue weighted by molar-refractivity contribution is 7.07. The molecule has 0 fully saturated rings. The van der Waals surface area contributed by atoms with Crippen molar-refractivity contribution in [2.45, 2.75) is 13.3 Å². The van der Waals surface area contributed by atoms with E-state index >= 15 is 0 Å². The van der Waals surface area contributed by atoms with Crippen molar-refractivity contribution in [1.29, 1.82) is 0 Å². The van der Waals surface area contributed by atoms with Crippen LogP contribution in [0.1, 0.15) is 13.3 Å². The van der Waals surface area contributed by atoms with Gasteiger partial charge in [-0.2, -0.15) is 0 Å². The van der Waals surface area contributed by atoms with Crippen LogP contribution in [-0.2, 0) is 4.79 Å². The molecule has 1 N–H and O–H groups in total. The number of nitrogens with one attached hydrogen (secondary N) is 1. The number of para-hydroxylation sites is 1. The molecule has 0 saturated carbocycles. The molecule has 0 aliphatic carbocycles. The van der Waals surface area contributed by atoms with E-state index in [-0.39, 0.29) is 5.91 Å². The van der Waals surface area contributed by atoms with Crippen molar-refractivity contribution >= 4 is 28.8 Å². The van der Waals surface area contributed by atoms with Crippen molar-refractivity contribution < 1.29 is 4.79 Å². The summed E-state index contributed by atoms with van der Waals surface area (Å²) >= 11 is 7.46. The van der Waals surface area contributed by atoms with Crippen LogP contribution in [0.5, 0.6) is 0 Å². The fourth-order valence-electron chi connectivity index (χ4n) is 2.23. The summed E-state index contributed by atoms with van der Waals surface area (Å²) in [6.45, 7) is 1.80. The number of carbonyl (C=O) groups is 1. The molecule has 24 heavy (non-hydrogen) atoms. The summed E-state index contributed by atoms with van der Waals surface area (Å²) in [6, 6.07) is 17.6. The van der Waals surface area contributed by atoms with Gasteiger partial charge in [-0.3, -0.25) is 9.36 Å². The van der Waals surface area contributed by atoms with Crippen molar-refractivity contribution in [3.63, 3.8) is 0 Å². The van der Waals surface area contributed by atoms with Crippen molar-refractivity contribution in [2.75, 3.05) is 0 Å². The zero-order chi connectivity index (χ0) is 16.9. The van der Waals surface area contributed by atoms with E-state index < -0.39 is 0 Å². The maximum atomic E-state index is 11.5.